The zero-order chi connectivity index (χ0) is 15.8. The van der Waals surface area contributed by atoms with E-state index >= 15 is 0 Å². The standard InChI is InChI=1S/C17H23N3O2S/c21-15(10-13-9-11-3-4-12(13)8-11)20-6-1-2-14(20)16(22)19-17-18-5-7-23-17/h5,7,11-14H,1-4,6,8-10H2,(H,18,19,22)/t11-,12-,13+,14-/m0/s1. The van der Waals surface area contributed by atoms with Crippen LogP contribution in [0.5, 0.6) is 0 Å². The Morgan fingerprint density at radius 1 is 1.30 bits per heavy atom. The Hall–Kier alpha value is -1.43. The maximum absolute atomic E-state index is 12.7. The number of carbonyl (C=O) groups excluding carboxylic acids is 2. The number of fused-ring (bicyclic) bond motifs is 2. The van der Waals surface area contributed by atoms with Crippen molar-refractivity contribution in [3.05, 3.63) is 11.6 Å². The summed E-state index contributed by atoms with van der Waals surface area (Å²) >= 11 is 1.41. The topological polar surface area (TPSA) is 62.3 Å². The summed E-state index contributed by atoms with van der Waals surface area (Å²) in [4.78, 5) is 31.1. The summed E-state index contributed by atoms with van der Waals surface area (Å²) in [5, 5.41) is 5.29. The number of likely N-dealkylation sites (tertiary alicyclic amines) is 1. The molecular formula is C17H23N3O2S. The smallest absolute Gasteiger partial charge is 0.248 e. The third kappa shape index (κ3) is 3.01. The van der Waals surface area contributed by atoms with Gasteiger partial charge in [-0.1, -0.05) is 6.42 Å². The molecule has 2 aliphatic carbocycles. The largest absolute Gasteiger partial charge is 0.331 e. The Morgan fingerprint density at radius 3 is 2.91 bits per heavy atom. The summed E-state index contributed by atoms with van der Waals surface area (Å²) in [6, 6.07) is -0.315. The summed E-state index contributed by atoms with van der Waals surface area (Å²) in [6.45, 7) is 0.718. The van der Waals surface area contributed by atoms with Crippen LogP contribution in [-0.2, 0) is 9.59 Å². The highest BCUT2D eigenvalue weighted by Crippen LogP contribution is 2.49. The highest BCUT2D eigenvalue weighted by atomic mass is 32.1. The molecule has 5 nitrogen and oxygen atoms in total. The van der Waals surface area contributed by atoms with Gasteiger partial charge in [-0.25, -0.2) is 4.98 Å². The minimum atomic E-state index is -0.315. The fourth-order valence-corrected chi connectivity index (χ4v) is 5.31. The lowest BCUT2D eigenvalue weighted by Crippen LogP contribution is -2.43. The molecular weight excluding hydrogens is 310 g/mol. The molecule has 3 fully saturated rings. The van der Waals surface area contributed by atoms with Gasteiger partial charge in [0.05, 0.1) is 0 Å². The monoisotopic (exact) mass is 333 g/mol. The normalized spacial score (nSPS) is 32.4. The lowest BCUT2D eigenvalue weighted by atomic mass is 9.86. The zero-order valence-corrected chi connectivity index (χ0v) is 14.1. The van der Waals surface area contributed by atoms with Crippen molar-refractivity contribution in [3.63, 3.8) is 0 Å². The van der Waals surface area contributed by atoms with Gasteiger partial charge in [-0.15, -0.1) is 11.3 Å². The molecule has 124 valence electrons. The van der Waals surface area contributed by atoms with Gasteiger partial charge in [0.25, 0.3) is 0 Å². The van der Waals surface area contributed by atoms with Crippen LogP contribution in [0.15, 0.2) is 11.6 Å². The van der Waals surface area contributed by atoms with Crippen LogP contribution in [0.4, 0.5) is 5.13 Å². The maximum atomic E-state index is 12.7. The summed E-state index contributed by atoms with van der Waals surface area (Å²) in [7, 11) is 0. The number of thiazole rings is 1. The molecule has 23 heavy (non-hydrogen) atoms. The van der Waals surface area contributed by atoms with Crippen LogP contribution in [0.3, 0.4) is 0 Å². The van der Waals surface area contributed by atoms with Crippen molar-refractivity contribution < 1.29 is 9.59 Å². The molecule has 2 heterocycles. The number of hydrogen-bond acceptors (Lipinski definition) is 4. The van der Waals surface area contributed by atoms with E-state index in [0.29, 0.717) is 17.5 Å². The quantitative estimate of drug-likeness (QED) is 0.921. The van der Waals surface area contributed by atoms with Gasteiger partial charge in [0.15, 0.2) is 5.13 Å². The third-order valence-electron chi connectivity index (χ3n) is 5.86. The van der Waals surface area contributed by atoms with Gasteiger partial charge in [0, 0.05) is 24.5 Å². The minimum absolute atomic E-state index is 0.0845. The second kappa shape index (κ2) is 6.23. The SMILES string of the molecule is O=C(Nc1nccs1)[C@@H]1CCCN1C(=O)C[C@H]1C[C@H]2CC[C@H]1C2. The van der Waals surface area contributed by atoms with Gasteiger partial charge >= 0.3 is 0 Å². The molecule has 0 unspecified atom stereocenters. The van der Waals surface area contributed by atoms with E-state index in [1.807, 2.05) is 10.3 Å². The first-order chi connectivity index (χ1) is 11.2. The van der Waals surface area contributed by atoms with Crippen LogP contribution in [0.25, 0.3) is 0 Å². The van der Waals surface area contributed by atoms with Crippen LogP contribution in [0.1, 0.15) is 44.9 Å². The Labute approximate surface area is 140 Å². The fourth-order valence-electron chi connectivity index (χ4n) is 4.78. The molecule has 1 saturated heterocycles. The molecule has 1 aliphatic heterocycles. The molecule has 1 aromatic rings. The molecule has 1 aromatic heterocycles. The fraction of sp³-hybridized carbons (Fsp3) is 0.706. The van der Waals surface area contributed by atoms with Crippen LogP contribution in [0.2, 0.25) is 0 Å². The van der Waals surface area contributed by atoms with Crippen LogP contribution in [0, 0.1) is 17.8 Å². The predicted molar refractivity (Wildman–Crippen MR) is 89.0 cm³/mol. The first-order valence-corrected chi connectivity index (χ1v) is 9.58. The summed E-state index contributed by atoms with van der Waals surface area (Å²) in [6.07, 6.45) is 9.20. The Morgan fingerprint density at radius 2 is 2.22 bits per heavy atom. The van der Waals surface area contributed by atoms with E-state index in [1.54, 1.807) is 6.20 Å². The molecule has 2 bridgehead atoms. The highest BCUT2D eigenvalue weighted by molar-refractivity contribution is 7.13. The van der Waals surface area contributed by atoms with Crippen molar-refractivity contribution in [2.45, 2.75) is 51.0 Å². The van der Waals surface area contributed by atoms with E-state index in [1.165, 1.54) is 37.0 Å². The van der Waals surface area contributed by atoms with Gasteiger partial charge in [-0.3, -0.25) is 9.59 Å². The number of hydrogen-bond donors (Lipinski definition) is 1. The van der Waals surface area contributed by atoms with Gasteiger partial charge in [0.1, 0.15) is 6.04 Å². The molecule has 2 amide bonds. The van der Waals surface area contributed by atoms with Gasteiger partial charge in [0.2, 0.25) is 11.8 Å². The van der Waals surface area contributed by atoms with Crippen LogP contribution < -0.4 is 5.32 Å². The van der Waals surface area contributed by atoms with E-state index in [2.05, 4.69) is 10.3 Å². The van der Waals surface area contributed by atoms with Crippen molar-refractivity contribution in [1.29, 1.82) is 0 Å². The molecule has 0 spiro atoms. The molecule has 3 aliphatic rings. The molecule has 4 rings (SSSR count). The lowest BCUT2D eigenvalue weighted by Gasteiger charge is -2.27. The van der Waals surface area contributed by atoms with Gasteiger partial charge < -0.3 is 10.2 Å². The molecule has 4 atom stereocenters. The van der Waals surface area contributed by atoms with E-state index < -0.39 is 0 Å². The van der Waals surface area contributed by atoms with E-state index in [0.717, 1.165) is 31.2 Å². The number of nitrogens with one attached hydrogen (secondary N) is 1. The number of amides is 2. The summed E-state index contributed by atoms with van der Waals surface area (Å²) in [5.74, 6) is 2.28. The highest BCUT2D eigenvalue weighted by Gasteiger charge is 2.42. The maximum Gasteiger partial charge on any atom is 0.248 e. The number of rotatable bonds is 4. The summed E-state index contributed by atoms with van der Waals surface area (Å²) in [5.41, 5.74) is 0. The number of aromatic nitrogens is 1. The summed E-state index contributed by atoms with van der Waals surface area (Å²) < 4.78 is 0. The van der Waals surface area contributed by atoms with Crippen LogP contribution in [-0.4, -0.2) is 34.3 Å². The average molecular weight is 333 g/mol. The molecule has 0 radical (unpaired) electrons. The van der Waals surface area contributed by atoms with Crippen molar-refractivity contribution in [2.24, 2.45) is 17.8 Å². The third-order valence-corrected chi connectivity index (χ3v) is 6.55. The second-order valence-corrected chi connectivity index (χ2v) is 8.11. The Bertz CT molecular complexity index is 589. The Balaban J connectivity index is 1.37. The van der Waals surface area contributed by atoms with Crippen molar-refractivity contribution in [2.75, 3.05) is 11.9 Å². The number of carbonyl (C=O) groups is 2. The van der Waals surface area contributed by atoms with E-state index in [-0.39, 0.29) is 17.9 Å². The second-order valence-electron chi connectivity index (χ2n) is 7.21. The molecule has 6 heteroatoms. The first kappa shape index (κ1) is 15.1. The lowest BCUT2D eigenvalue weighted by molar-refractivity contribution is -0.137. The van der Waals surface area contributed by atoms with Gasteiger partial charge in [-0.05, 0) is 49.9 Å². The van der Waals surface area contributed by atoms with Crippen LogP contribution >= 0.6 is 11.3 Å². The predicted octanol–water partition coefficient (Wildman–Crippen LogP) is 2.90. The Kier molecular flexibility index (Phi) is 4.09. The zero-order valence-electron chi connectivity index (χ0n) is 13.2. The number of anilines is 1. The molecule has 2 saturated carbocycles. The van der Waals surface area contributed by atoms with Gasteiger partial charge in [-0.2, -0.15) is 0 Å². The van der Waals surface area contributed by atoms with Crippen molar-refractivity contribution in [1.82, 2.24) is 9.88 Å². The minimum Gasteiger partial charge on any atom is -0.331 e. The number of nitrogens with zero attached hydrogens (tertiary/aromatic N) is 2. The first-order valence-electron chi connectivity index (χ1n) is 8.70. The molecule has 0 aromatic carbocycles. The van der Waals surface area contributed by atoms with E-state index in [9.17, 15) is 9.59 Å². The average Bonchev–Trinajstić information content (AvgIpc) is 3.31. The van der Waals surface area contributed by atoms with E-state index in [4.69, 9.17) is 0 Å². The van der Waals surface area contributed by atoms with Crippen molar-refractivity contribution in [3.8, 4) is 0 Å². The molecule has 1 N–H and O–H groups in total. The van der Waals surface area contributed by atoms with Crippen molar-refractivity contribution >= 4 is 28.3 Å².